The van der Waals surface area contributed by atoms with E-state index in [9.17, 15) is 4.79 Å². The molecule has 0 saturated carbocycles. The van der Waals surface area contributed by atoms with Gasteiger partial charge in [-0.05, 0) is 12.8 Å². The van der Waals surface area contributed by atoms with Crippen LogP contribution in [0.4, 0.5) is 0 Å². The van der Waals surface area contributed by atoms with Crippen molar-refractivity contribution in [2.75, 3.05) is 6.54 Å². The minimum Gasteiger partial charge on any atom is -0.199 e. The van der Waals surface area contributed by atoms with Crippen LogP contribution in [0.5, 0.6) is 0 Å². The van der Waals surface area contributed by atoms with E-state index in [-0.39, 0.29) is 5.97 Å². The van der Waals surface area contributed by atoms with Crippen molar-refractivity contribution in [2.24, 2.45) is 0 Å². The molecule has 0 aromatic heterocycles. The summed E-state index contributed by atoms with van der Waals surface area (Å²) in [5.74, 6) is -0.112. The summed E-state index contributed by atoms with van der Waals surface area (Å²) in [6.45, 7) is 5.13. The van der Waals surface area contributed by atoms with Crippen LogP contribution in [0.25, 0.3) is 0 Å². The van der Waals surface area contributed by atoms with E-state index in [0.29, 0.717) is 6.42 Å². The van der Waals surface area contributed by atoms with Crippen LogP contribution in [-0.4, -0.2) is 12.5 Å². The average Bonchev–Trinajstić information content (AvgIpc) is 2.42. The lowest BCUT2D eigenvalue weighted by atomic mass is 10.1. The average molecular weight is 271 g/mol. The van der Waals surface area contributed by atoms with E-state index in [0.717, 1.165) is 32.2 Å². The third-order valence-electron chi connectivity index (χ3n) is 3.30. The predicted octanol–water partition coefficient (Wildman–Crippen LogP) is 4.76. The Balaban J connectivity index is 3.10. The molecule has 0 bridgehead atoms. The molecule has 0 unspecified atom stereocenters. The highest BCUT2D eigenvalue weighted by Crippen LogP contribution is 2.10. The van der Waals surface area contributed by atoms with Gasteiger partial charge in [-0.15, -0.1) is 0 Å². The van der Waals surface area contributed by atoms with Crippen LogP contribution in [0, 0.1) is 0 Å². The Kier molecular flexibility index (Phi) is 15.0. The van der Waals surface area contributed by atoms with Gasteiger partial charge in [-0.3, -0.25) is 0 Å². The summed E-state index contributed by atoms with van der Waals surface area (Å²) in [5, 5.41) is 0. The first kappa shape index (κ1) is 18.4. The predicted molar refractivity (Wildman–Crippen MR) is 80.8 cm³/mol. The maximum Gasteiger partial charge on any atom is 0.597 e. The van der Waals surface area contributed by atoms with Gasteiger partial charge in [0.1, 0.15) is 6.42 Å². The topological polar surface area (TPSA) is 41.2 Å². The molecule has 0 atom stereocenters. The van der Waals surface area contributed by atoms with Crippen molar-refractivity contribution in [1.82, 2.24) is 5.48 Å². The Morgan fingerprint density at radius 3 is 1.89 bits per heavy atom. The molecule has 0 amide bonds. The van der Waals surface area contributed by atoms with E-state index in [2.05, 4.69) is 19.3 Å². The zero-order chi connectivity index (χ0) is 14.2. The zero-order valence-corrected chi connectivity index (χ0v) is 13.0. The molecule has 0 aromatic rings. The lowest BCUT2D eigenvalue weighted by Gasteiger charge is -2.00. The summed E-state index contributed by atoms with van der Waals surface area (Å²) in [7, 11) is 0. The minimum atomic E-state index is -0.112. The maximum atomic E-state index is 11.3. The monoisotopic (exact) mass is 271 g/mol. The van der Waals surface area contributed by atoms with Crippen LogP contribution in [0.2, 0.25) is 0 Å². The van der Waals surface area contributed by atoms with Crippen LogP contribution < -0.4 is 5.48 Å². The quantitative estimate of drug-likeness (QED) is 0.281. The second-order valence-corrected chi connectivity index (χ2v) is 5.30. The zero-order valence-electron chi connectivity index (χ0n) is 13.0. The third kappa shape index (κ3) is 15.4. The van der Waals surface area contributed by atoms with E-state index in [1.807, 2.05) is 0 Å². The standard InChI is InChI=1S/C16H33NO2/c1-3-5-7-8-9-10-11-12-13-14-16(18)19-17-15-6-4-2/h17H,3-15H2,1-2H3/q+1. The van der Waals surface area contributed by atoms with Crippen molar-refractivity contribution in [3.8, 4) is 0 Å². The van der Waals surface area contributed by atoms with Crippen molar-refractivity contribution in [2.45, 2.75) is 90.9 Å². The van der Waals surface area contributed by atoms with Gasteiger partial charge in [0.05, 0.1) is 11.3 Å². The molecule has 3 nitrogen and oxygen atoms in total. The molecule has 0 heterocycles. The molecule has 0 aromatic carbocycles. The van der Waals surface area contributed by atoms with Crippen molar-refractivity contribution < 1.29 is 9.63 Å². The second-order valence-electron chi connectivity index (χ2n) is 5.30. The molecule has 0 spiro atoms. The molecule has 19 heavy (non-hydrogen) atoms. The molecule has 0 fully saturated rings. The van der Waals surface area contributed by atoms with Crippen LogP contribution in [-0.2, 0) is 9.63 Å². The van der Waals surface area contributed by atoms with Crippen molar-refractivity contribution in [1.29, 1.82) is 0 Å². The number of carbonyl (C=O) groups excluding carboxylic acids is 1. The van der Waals surface area contributed by atoms with Gasteiger partial charge in [-0.2, -0.15) is 4.84 Å². The summed E-state index contributed by atoms with van der Waals surface area (Å²) < 4.78 is 0. The Labute approximate surface area is 119 Å². The highest BCUT2D eigenvalue weighted by molar-refractivity contribution is 5.68. The smallest absolute Gasteiger partial charge is 0.199 e. The molecule has 0 aliphatic carbocycles. The van der Waals surface area contributed by atoms with E-state index >= 15 is 0 Å². The molecule has 0 rings (SSSR count). The molecular formula is C16H33NO2+. The lowest BCUT2D eigenvalue weighted by molar-refractivity contribution is -0.151. The van der Waals surface area contributed by atoms with E-state index in [4.69, 9.17) is 4.84 Å². The molecule has 0 aliphatic heterocycles. The second kappa shape index (κ2) is 15.5. The molecule has 3 heteroatoms. The number of carbonyl (C=O) groups is 1. The van der Waals surface area contributed by atoms with Gasteiger partial charge in [0.2, 0.25) is 0 Å². The van der Waals surface area contributed by atoms with Gasteiger partial charge in [0.15, 0.2) is 0 Å². The summed E-state index contributed by atoms with van der Waals surface area (Å²) in [6, 6.07) is 0. The summed E-state index contributed by atoms with van der Waals surface area (Å²) in [4.78, 5) is 16.3. The van der Waals surface area contributed by atoms with E-state index in [1.165, 1.54) is 44.9 Å². The first-order valence-electron chi connectivity index (χ1n) is 8.23. The van der Waals surface area contributed by atoms with Gasteiger partial charge in [0.25, 0.3) is 0 Å². The van der Waals surface area contributed by atoms with Gasteiger partial charge in [-0.25, -0.2) is 0 Å². The number of nitrogens with one attached hydrogen (secondary N) is 1. The number of hydroxylamine groups is 1. The Bertz CT molecular complexity index is 195. The maximum absolute atomic E-state index is 11.3. The van der Waals surface area contributed by atoms with Gasteiger partial charge in [0, 0.05) is 0 Å². The summed E-state index contributed by atoms with van der Waals surface area (Å²) >= 11 is 0. The Morgan fingerprint density at radius 1 is 0.789 bits per heavy atom. The Hall–Kier alpha value is -0.570. The molecule has 1 radical (unpaired) electrons. The van der Waals surface area contributed by atoms with Gasteiger partial charge in [-0.1, -0.05) is 77.1 Å². The molecule has 0 saturated heterocycles. The number of unbranched alkanes of at least 4 members (excludes halogenated alkanes) is 9. The highest BCUT2D eigenvalue weighted by Gasteiger charge is 2.15. The molecule has 113 valence electrons. The Morgan fingerprint density at radius 2 is 1.32 bits per heavy atom. The SMILES string of the molecule is CCCCCCCCCCCC(=[O+])ONCCCC. The van der Waals surface area contributed by atoms with Crippen LogP contribution in [0.3, 0.4) is 0 Å². The third-order valence-corrected chi connectivity index (χ3v) is 3.30. The van der Waals surface area contributed by atoms with Crippen molar-refractivity contribution in [3.63, 3.8) is 0 Å². The largest absolute Gasteiger partial charge is 0.597 e. The molecule has 1 N–H and O–H groups in total. The fourth-order valence-corrected chi connectivity index (χ4v) is 2.01. The summed E-state index contributed by atoms with van der Waals surface area (Å²) in [5.41, 5.74) is 2.72. The normalized spacial score (nSPS) is 10.6. The van der Waals surface area contributed by atoms with Crippen molar-refractivity contribution >= 4 is 5.97 Å². The lowest BCUT2D eigenvalue weighted by Crippen LogP contribution is -2.20. The van der Waals surface area contributed by atoms with Gasteiger partial charge >= 0.3 is 5.97 Å². The van der Waals surface area contributed by atoms with Crippen LogP contribution in [0.15, 0.2) is 0 Å². The first-order chi connectivity index (χ1) is 9.31. The van der Waals surface area contributed by atoms with Crippen LogP contribution >= 0.6 is 0 Å². The van der Waals surface area contributed by atoms with E-state index in [1.54, 1.807) is 0 Å². The highest BCUT2D eigenvalue weighted by atomic mass is 16.7. The number of hydrogen-bond acceptors (Lipinski definition) is 3. The number of hydrogen-bond donors (Lipinski definition) is 1. The fraction of sp³-hybridized carbons (Fsp3) is 0.938. The van der Waals surface area contributed by atoms with Gasteiger partial charge < -0.3 is 0 Å². The minimum absolute atomic E-state index is 0.112. The first-order valence-corrected chi connectivity index (χ1v) is 8.23. The van der Waals surface area contributed by atoms with E-state index < -0.39 is 0 Å². The molecular weight excluding hydrogens is 238 g/mol. The summed E-state index contributed by atoms with van der Waals surface area (Å²) in [6.07, 6.45) is 14.2. The van der Waals surface area contributed by atoms with Crippen LogP contribution in [0.1, 0.15) is 90.9 Å². The fourth-order valence-electron chi connectivity index (χ4n) is 2.01. The van der Waals surface area contributed by atoms with Crippen molar-refractivity contribution in [3.05, 3.63) is 0 Å². The molecule has 0 aliphatic rings. The number of rotatable bonds is 14.